The van der Waals surface area contributed by atoms with Crippen molar-refractivity contribution >= 4 is 0 Å². The summed E-state index contributed by atoms with van der Waals surface area (Å²) < 4.78 is 1.92. The summed E-state index contributed by atoms with van der Waals surface area (Å²) in [6.45, 7) is 3.15. The Labute approximate surface area is 108 Å². The van der Waals surface area contributed by atoms with Gasteiger partial charge in [-0.1, -0.05) is 18.2 Å². The van der Waals surface area contributed by atoms with E-state index in [1.807, 2.05) is 17.9 Å². The summed E-state index contributed by atoms with van der Waals surface area (Å²) in [6, 6.07) is 9.52. The van der Waals surface area contributed by atoms with Crippen molar-refractivity contribution in [1.82, 2.24) is 15.1 Å². The van der Waals surface area contributed by atoms with Crippen LogP contribution in [0.4, 0.5) is 0 Å². The minimum atomic E-state index is 0.766. The van der Waals surface area contributed by atoms with Crippen molar-refractivity contribution in [3.63, 3.8) is 0 Å². The van der Waals surface area contributed by atoms with E-state index in [0.29, 0.717) is 0 Å². The zero-order chi connectivity index (χ0) is 12.5. The summed E-state index contributed by atoms with van der Waals surface area (Å²) in [5.41, 5.74) is 5.12. The first-order valence-corrected chi connectivity index (χ1v) is 6.55. The Morgan fingerprint density at radius 3 is 2.78 bits per heavy atom. The molecule has 0 spiro atoms. The van der Waals surface area contributed by atoms with Gasteiger partial charge in [0.15, 0.2) is 0 Å². The SMILES string of the molecule is Cc1cc(CNC2CC2)ccc1-c1ccnn1C. The van der Waals surface area contributed by atoms with Crippen LogP contribution in [0.5, 0.6) is 0 Å². The van der Waals surface area contributed by atoms with Crippen LogP contribution in [0.15, 0.2) is 30.5 Å². The van der Waals surface area contributed by atoms with Crippen molar-refractivity contribution < 1.29 is 0 Å². The zero-order valence-electron chi connectivity index (χ0n) is 11.0. The average Bonchev–Trinajstić information content (AvgIpc) is 3.09. The predicted molar refractivity (Wildman–Crippen MR) is 73.2 cm³/mol. The molecule has 3 rings (SSSR count). The summed E-state index contributed by atoms with van der Waals surface area (Å²) in [6.07, 6.45) is 4.52. The van der Waals surface area contributed by atoms with Gasteiger partial charge in [-0.05, 0) is 37.0 Å². The van der Waals surface area contributed by atoms with Gasteiger partial charge in [-0.25, -0.2) is 0 Å². The molecule has 1 heterocycles. The molecule has 3 nitrogen and oxygen atoms in total. The first-order valence-electron chi connectivity index (χ1n) is 6.55. The fraction of sp³-hybridized carbons (Fsp3) is 0.400. The van der Waals surface area contributed by atoms with Gasteiger partial charge in [0.1, 0.15) is 0 Å². The van der Waals surface area contributed by atoms with E-state index in [-0.39, 0.29) is 0 Å². The number of hydrogen-bond donors (Lipinski definition) is 1. The lowest BCUT2D eigenvalue weighted by Gasteiger charge is -2.09. The van der Waals surface area contributed by atoms with Crippen molar-refractivity contribution in [3.8, 4) is 11.3 Å². The Bertz CT molecular complexity index is 553. The van der Waals surface area contributed by atoms with E-state index in [4.69, 9.17) is 0 Å². The van der Waals surface area contributed by atoms with Crippen molar-refractivity contribution in [1.29, 1.82) is 0 Å². The average molecular weight is 241 g/mol. The number of benzene rings is 1. The molecule has 0 amide bonds. The predicted octanol–water partition coefficient (Wildman–Crippen LogP) is 2.65. The van der Waals surface area contributed by atoms with Gasteiger partial charge in [-0.2, -0.15) is 5.10 Å². The Balaban J connectivity index is 1.82. The number of nitrogens with one attached hydrogen (secondary N) is 1. The highest BCUT2D eigenvalue weighted by atomic mass is 15.3. The summed E-state index contributed by atoms with van der Waals surface area (Å²) >= 11 is 0. The molecule has 3 heteroatoms. The van der Waals surface area contributed by atoms with Crippen LogP contribution in [-0.2, 0) is 13.6 Å². The summed E-state index contributed by atoms with van der Waals surface area (Å²) in [5.74, 6) is 0. The largest absolute Gasteiger partial charge is 0.310 e. The number of hydrogen-bond acceptors (Lipinski definition) is 2. The van der Waals surface area contributed by atoms with E-state index < -0.39 is 0 Å². The molecular weight excluding hydrogens is 222 g/mol. The van der Waals surface area contributed by atoms with Gasteiger partial charge >= 0.3 is 0 Å². The summed E-state index contributed by atoms with van der Waals surface area (Å²) in [5, 5.41) is 7.78. The second kappa shape index (κ2) is 4.58. The van der Waals surface area contributed by atoms with E-state index in [9.17, 15) is 0 Å². The number of aromatic nitrogens is 2. The van der Waals surface area contributed by atoms with E-state index in [1.165, 1.54) is 35.2 Å². The molecule has 1 aliphatic rings. The minimum absolute atomic E-state index is 0.766. The van der Waals surface area contributed by atoms with Gasteiger partial charge in [0.2, 0.25) is 0 Å². The summed E-state index contributed by atoms with van der Waals surface area (Å²) in [7, 11) is 1.98. The molecule has 0 bridgehead atoms. The van der Waals surface area contributed by atoms with Crippen molar-refractivity contribution in [3.05, 3.63) is 41.6 Å². The van der Waals surface area contributed by atoms with Crippen LogP contribution < -0.4 is 5.32 Å². The smallest absolute Gasteiger partial charge is 0.0681 e. The lowest BCUT2D eigenvalue weighted by molar-refractivity contribution is 0.687. The molecule has 1 aromatic carbocycles. The maximum Gasteiger partial charge on any atom is 0.0681 e. The van der Waals surface area contributed by atoms with Crippen molar-refractivity contribution in [2.75, 3.05) is 0 Å². The molecule has 1 saturated carbocycles. The number of nitrogens with zero attached hydrogens (tertiary/aromatic N) is 2. The van der Waals surface area contributed by atoms with Crippen LogP contribution >= 0.6 is 0 Å². The van der Waals surface area contributed by atoms with Crippen LogP contribution in [0, 0.1) is 6.92 Å². The highest BCUT2D eigenvalue weighted by Crippen LogP contribution is 2.24. The lowest BCUT2D eigenvalue weighted by atomic mass is 10.0. The highest BCUT2D eigenvalue weighted by molar-refractivity contribution is 5.64. The van der Waals surface area contributed by atoms with Crippen LogP contribution in [0.2, 0.25) is 0 Å². The van der Waals surface area contributed by atoms with Gasteiger partial charge in [-0.15, -0.1) is 0 Å². The van der Waals surface area contributed by atoms with E-state index >= 15 is 0 Å². The van der Waals surface area contributed by atoms with E-state index in [0.717, 1.165) is 12.6 Å². The molecule has 0 atom stereocenters. The molecule has 1 N–H and O–H groups in total. The summed E-state index contributed by atoms with van der Waals surface area (Å²) in [4.78, 5) is 0. The number of rotatable bonds is 4. The molecule has 2 aromatic rings. The van der Waals surface area contributed by atoms with E-state index in [1.54, 1.807) is 0 Å². The molecule has 0 unspecified atom stereocenters. The third-order valence-corrected chi connectivity index (χ3v) is 3.56. The maximum atomic E-state index is 4.23. The number of aryl methyl sites for hydroxylation is 2. The Morgan fingerprint density at radius 2 is 2.17 bits per heavy atom. The standard InChI is InChI=1S/C15H19N3/c1-11-9-12(10-16-13-4-5-13)3-6-14(11)15-7-8-17-18(15)2/h3,6-9,13,16H,4-5,10H2,1-2H3. The van der Waals surface area contributed by atoms with Crippen LogP contribution in [0.1, 0.15) is 24.0 Å². The lowest BCUT2D eigenvalue weighted by Crippen LogP contribution is -2.15. The van der Waals surface area contributed by atoms with Crippen LogP contribution in [0.25, 0.3) is 11.3 Å². The fourth-order valence-corrected chi connectivity index (χ4v) is 2.31. The van der Waals surface area contributed by atoms with Crippen molar-refractivity contribution in [2.24, 2.45) is 7.05 Å². The fourth-order valence-electron chi connectivity index (χ4n) is 2.31. The molecule has 1 fully saturated rings. The molecule has 94 valence electrons. The highest BCUT2D eigenvalue weighted by Gasteiger charge is 2.19. The topological polar surface area (TPSA) is 29.9 Å². The Hall–Kier alpha value is -1.61. The molecule has 0 saturated heterocycles. The molecule has 0 radical (unpaired) electrons. The minimum Gasteiger partial charge on any atom is -0.310 e. The molecule has 1 aliphatic carbocycles. The van der Waals surface area contributed by atoms with Gasteiger partial charge in [0, 0.05) is 31.4 Å². The Kier molecular flexibility index (Phi) is 2.92. The quantitative estimate of drug-likeness (QED) is 0.892. The monoisotopic (exact) mass is 241 g/mol. The molecule has 18 heavy (non-hydrogen) atoms. The van der Waals surface area contributed by atoms with Crippen molar-refractivity contribution in [2.45, 2.75) is 32.4 Å². The van der Waals surface area contributed by atoms with Gasteiger partial charge in [-0.3, -0.25) is 4.68 Å². The first-order chi connectivity index (χ1) is 8.74. The van der Waals surface area contributed by atoms with Gasteiger partial charge < -0.3 is 5.32 Å². The van der Waals surface area contributed by atoms with Gasteiger partial charge in [0.05, 0.1) is 5.69 Å². The van der Waals surface area contributed by atoms with E-state index in [2.05, 4.69) is 41.6 Å². The zero-order valence-corrected chi connectivity index (χ0v) is 11.0. The second-order valence-electron chi connectivity index (χ2n) is 5.14. The maximum absolute atomic E-state index is 4.23. The van der Waals surface area contributed by atoms with Gasteiger partial charge in [0.25, 0.3) is 0 Å². The first kappa shape index (κ1) is 11.5. The molecule has 1 aromatic heterocycles. The normalized spacial score (nSPS) is 15.0. The van der Waals surface area contributed by atoms with Crippen LogP contribution in [0.3, 0.4) is 0 Å². The van der Waals surface area contributed by atoms with Crippen LogP contribution in [-0.4, -0.2) is 15.8 Å². The molecule has 0 aliphatic heterocycles. The second-order valence-corrected chi connectivity index (χ2v) is 5.14. The Morgan fingerprint density at radius 1 is 1.33 bits per heavy atom. The third kappa shape index (κ3) is 2.31. The molecular formula is C15H19N3. The third-order valence-electron chi connectivity index (χ3n) is 3.56.